The van der Waals surface area contributed by atoms with Crippen molar-refractivity contribution in [3.63, 3.8) is 0 Å². The van der Waals surface area contributed by atoms with E-state index < -0.39 is 0 Å². The normalized spacial score (nSPS) is 12.7. The molecule has 0 aliphatic carbocycles. The van der Waals surface area contributed by atoms with Crippen LogP contribution >= 0.6 is 0 Å². The van der Waals surface area contributed by atoms with Gasteiger partial charge >= 0.3 is 0 Å². The molecule has 0 saturated carbocycles. The Bertz CT molecular complexity index is 591. The Labute approximate surface area is 113 Å². The summed E-state index contributed by atoms with van der Waals surface area (Å²) in [6, 6.07) is 7.56. The maximum Gasteiger partial charge on any atom is 0.258 e. The molecule has 1 heterocycles. The van der Waals surface area contributed by atoms with Crippen LogP contribution in [0.2, 0.25) is 0 Å². The Kier molecular flexibility index (Phi) is 4.68. The van der Waals surface area contributed by atoms with Crippen LogP contribution in [0.25, 0.3) is 10.9 Å². The predicted molar refractivity (Wildman–Crippen MR) is 78.3 cm³/mol. The van der Waals surface area contributed by atoms with E-state index >= 15 is 0 Å². The van der Waals surface area contributed by atoms with Crippen LogP contribution in [-0.4, -0.2) is 16.5 Å². The Morgan fingerprint density at radius 1 is 1.32 bits per heavy atom. The fourth-order valence-electron chi connectivity index (χ4n) is 2.16. The van der Waals surface area contributed by atoms with E-state index in [1.165, 1.54) is 0 Å². The molecule has 19 heavy (non-hydrogen) atoms. The third kappa shape index (κ3) is 3.20. The van der Waals surface area contributed by atoms with E-state index in [9.17, 15) is 4.79 Å². The molecule has 4 heteroatoms. The van der Waals surface area contributed by atoms with Gasteiger partial charge in [0.05, 0.1) is 16.9 Å². The first kappa shape index (κ1) is 13.7. The summed E-state index contributed by atoms with van der Waals surface area (Å²) in [5.74, 6) is 0.738. The van der Waals surface area contributed by atoms with Crippen LogP contribution in [0.5, 0.6) is 0 Å². The van der Waals surface area contributed by atoms with Crippen LogP contribution in [-0.2, 0) is 0 Å². The monoisotopic (exact) mass is 259 g/mol. The number of nitrogens with one attached hydrogen (secondary N) is 2. The van der Waals surface area contributed by atoms with E-state index in [2.05, 4.69) is 29.1 Å². The summed E-state index contributed by atoms with van der Waals surface area (Å²) < 4.78 is 0. The summed E-state index contributed by atoms with van der Waals surface area (Å²) in [5.41, 5.74) is 0.702. The third-order valence-electron chi connectivity index (χ3n) is 3.29. The lowest BCUT2D eigenvalue weighted by molar-refractivity contribution is 0.486. The number of nitrogens with zero attached hydrogens (tertiary/aromatic N) is 1. The molecule has 0 aliphatic heterocycles. The number of hydrogen-bond acceptors (Lipinski definition) is 3. The molecule has 2 N–H and O–H groups in total. The minimum absolute atomic E-state index is 0.0589. The standard InChI is InChI=1S/C15H21N3O/c1-3-5-10-16-12(4-2)14-17-13-9-7-6-8-11(13)15(19)18-14/h6-9,12,16H,3-5,10H2,1-2H3,(H,17,18,19)/t12-/m0/s1. The molecule has 0 amide bonds. The van der Waals surface area contributed by atoms with Gasteiger partial charge in [0, 0.05) is 0 Å². The number of fused-ring (bicyclic) bond motifs is 1. The predicted octanol–water partition coefficient (Wildman–Crippen LogP) is 2.76. The molecule has 0 aliphatic rings. The van der Waals surface area contributed by atoms with Gasteiger partial charge < -0.3 is 10.3 Å². The Hall–Kier alpha value is -1.68. The van der Waals surface area contributed by atoms with Crippen molar-refractivity contribution in [1.29, 1.82) is 0 Å². The van der Waals surface area contributed by atoms with Crippen molar-refractivity contribution in [2.45, 2.75) is 39.2 Å². The molecule has 0 unspecified atom stereocenters. The summed E-state index contributed by atoms with van der Waals surface area (Å²) in [6.45, 7) is 5.21. The lowest BCUT2D eigenvalue weighted by Gasteiger charge is -2.16. The quantitative estimate of drug-likeness (QED) is 0.784. The number of hydrogen-bond donors (Lipinski definition) is 2. The third-order valence-corrected chi connectivity index (χ3v) is 3.29. The molecule has 0 fully saturated rings. The van der Waals surface area contributed by atoms with Gasteiger partial charge in [0.25, 0.3) is 5.56 Å². The van der Waals surface area contributed by atoms with Crippen molar-refractivity contribution >= 4 is 10.9 Å². The average molecular weight is 259 g/mol. The van der Waals surface area contributed by atoms with Crippen molar-refractivity contribution in [1.82, 2.24) is 15.3 Å². The molecular weight excluding hydrogens is 238 g/mol. The van der Waals surface area contributed by atoms with E-state index in [1.54, 1.807) is 6.07 Å². The van der Waals surface area contributed by atoms with E-state index in [0.717, 1.165) is 37.1 Å². The van der Waals surface area contributed by atoms with Crippen molar-refractivity contribution in [3.05, 3.63) is 40.4 Å². The molecule has 1 aromatic carbocycles. The Balaban J connectivity index is 2.30. The summed E-state index contributed by atoms with van der Waals surface area (Å²) in [6.07, 6.45) is 3.20. The smallest absolute Gasteiger partial charge is 0.258 e. The number of H-pyrrole nitrogens is 1. The first-order valence-electron chi connectivity index (χ1n) is 6.98. The van der Waals surface area contributed by atoms with E-state index in [0.29, 0.717) is 5.39 Å². The zero-order valence-corrected chi connectivity index (χ0v) is 11.6. The number of benzene rings is 1. The van der Waals surface area contributed by atoms with Gasteiger partial charge in [0.15, 0.2) is 0 Å². The van der Waals surface area contributed by atoms with E-state index in [4.69, 9.17) is 0 Å². The molecule has 4 nitrogen and oxygen atoms in total. The van der Waals surface area contributed by atoms with Crippen molar-refractivity contribution in [2.75, 3.05) is 6.54 Å². The zero-order valence-electron chi connectivity index (χ0n) is 11.6. The number of unbranched alkanes of at least 4 members (excludes halogenated alkanes) is 1. The second kappa shape index (κ2) is 6.48. The first-order valence-corrected chi connectivity index (χ1v) is 6.98. The van der Waals surface area contributed by atoms with Crippen LogP contribution in [0, 0.1) is 0 Å². The van der Waals surface area contributed by atoms with Crippen LogP contribution < -0.4 is 10.9 Å². The number of para-hydroxylation sites is 1. The lowest BCUT2D eigenvalue weighted by Crippen LogP contribution is -2.26. The minimum Gasteiger partial charge on any atom is -0.309 e. The fraction of sp³-hybridized carbons (Fsp3) is 0.467. The van der Waals surface area contributed by atoms with Gasteiger partial charge in [-0.1, -0.05) is 32.4 Å². The second-order valence-corrected chi connectivity index (χ2v) is 4.74. The van der Waals surface area contributed by atoms with Gasteiger partial charge in [0.2, 0.25) is 0 Å². The highest BCUT2D eigenvalue weighted by Gasteiger charge is 2.12. The highest BCUT2D eigenvalue weighted by molar-refractivity contribution is 5.77. The molecule has 1 atom stereocenters. The van der Waals surface area contributed by atoms with Gasteiger partial charge in [-0.2, -0.15) is 0 Å². The van der Waals surface area contributed by atoms with Crippen LogP contribution in [0.4, 0.5) is 0 Å². The van der Waals surface area contributed by atoms with Crippen LogP contribution in [0.1, 0.15) is 45.0 Å². The number of rotatable bonds is 6. The summed E-state index contributed by atoms with van der Waals surface area (Å²) in [4.78, 5) is 19.5. The molecule has 2 aromatic rings. The topological polar surface area (TPSA) is 57.8 Å². The number of aromatic amines is 1. The SMILES string of the molecule is CCCCN[C@@H](CC)c1nc2ccccc2c(=O)[nH]1. The molecular formula is C15H21N3O. The average Bonchev–Trinajstić information content (AvgIpc) is 2.44. The van der Waals surface area contributed by atoms with E-state index in [1.807, 2.05) is 18.2 Å². The van der Waals surface area contributed by atoms with Gasteiger partial charge in [-0.15, -0.1) is 0 Å². The fourth-order valence-corrected chi connectivity index (χ4v) is 2.16. The van der Waals surface area contributed by atoms with Crippen LogP contribution in [0.15, 0.2) is 29.1 Å². The highest BCUT2D eigenvalue weighted by Crippen LogP contribution is 2.14. The Morgan fingerprint density at radius 2 is 2.11 bits per heavy atom. The molecule has 2 rings (SSSR count). The molecule has 102 valence electrons. The first-order chi connectivity index (χ1) is 9.26. The maximum absolute atomic E-state index is 12.0. The summed E-state index contributed by atoms with van der Waals surface area (Å²) in [5, 5.41) is 4.09. The Morgan fingerprint density at radius 3 is 2.84 bits per heavy atom. The van der Waals surface area contributed by atoms with E-state index in [-0.39, 0.29) is 11.6 Å². The van der Waals surface area contributed by atoms with Crippen molar-refractivity contribution < 1.29 is 0 Å². The lowest BCUT2D eigenvalue weighted by atomic mass is 10.2. The minimum atomic E-state index is -0.0589. The largest absolute Gasteiger partial charge is 0.309 e. The van der Waals surface area contributed by atoms with Crippen LogP contribution in [0.3, 0.4) is 0 Å². The maximum atomic E-state index is 12.0. The van der Waals surface area contributed by atoms with Gasteiger partial charge in [-0.3, -0.25) is 4.79 Å². The molecule has 1 aromatic heterocycles. The molecule has 0 radical (unpaired) electrons. The molecule has 0 spiro atoms. The van der Waals surface area contributed by atoms with Gasteiger partial charge in [-0.05, 0) is 31.5 Å². The molecule has 0 bridgehead atoms. The number of aromatic nitrogens is 2. The zero-order chi connectivity index (χ0) is 13.7. The molecule has 0 saturated heterocycles. The van der Waals surface area contributed by atoms with Crippen molar-refractivity contribution in [2.24, 2.45) is 0 Å². The van der Waals surface area contributed by atoms with Crippen molar-refractivity contribution in [3.8, 4) is 0 Å². The highest BCUT2D eigenvalue weighted by atomic mass is 16.1. The second-order valence-electron chi connectivity index (χ2n) is 4.74. The van der Waals surface area contributed by atoms with Gasteiger partial charge in [0.1, 0.15) is 5.82 Å². The summed E-state index contributed by atoms with van der Waals surface area (Å²) in [7, 11) is 0. The van der Waals surface area contributed by atoms with Gasteiger partial charge in [-0.25, -0.2) is 4.98 Å². The summed E-state index contributed by atoms with van der Waals surface area (Å²) >= 11 is 0.